The number of amides is 1. The van der Waals surface area contributed by atoms with Crippen LogP contribution in [0.4, 0.5) is 0 Å². The van der Waals surface area contributed by atoms with Crippen LogP contribution < -0.4 is 15.2 Å². The Balaban J connectivity index is 1.81. The van der Waals surface area contributed by atoms with Crippen molar-refractivity contribution in [2.75, 3.05) is 18.2 Å². The van der Waals surface area contributed by atoms with Crippen molar-refractivity contribution in [2.45, 2.75) is 31.6 Å². The third-order valence-electron chi connectivity index (χ3n) is 5.84. The number of ether oxygens (including phenoxy) is 1. The quantitative estimate of drug-likeness (QED) is 0.709. The van der Waals surface area contributed by atoms with E-state index in [-0.39, 0.29) is 48.6 Å². The molecule has 1 aromatic carbocycles. The average molecular weight is 434 g/mol. The van der Waals surface area contributed by atoms with Gasteiger partial charge in [0.15, 0.2) is 11.4 Å². The van der Waals surface area contributed by atoms with Crippen LogP contribution in [0.15, 0.2) is 84.3 Å². The van der Waals surface area contributed by atoms with Crippen molar-refractivity contribution in [3.05, 3.63) is 101 Å². The highest BCUT2D eigenvalue weighted by Gasteiger charge is 2.38. The van der Waals surface area contributed by atoms with Crippen molar-refractivity contribution >= 4 is 5.91 Å². The Bertz CT molecular complexity index is 1110. The normalized spacial score (nSPS) is 20.8. The molecule has 4 rings (SSSR count). The van der Waals surface area contributed by atoms with Crippen molar-refractivity contribution in [1.82, 2.24) is 9.58 Å². The van der Waals surface area contributed by atoms with E-state index in [0.29, 0.717) is 12.8 Å². The van der Waals surface area contributed by atoms with E-state index in [1.54, 1.807) is 27.9 Å². The van der Waals surface area contributed by atoms with E-state index in [1.165, 1.54) is 6.07 Å². The number of nitrogens with zero attached hydrogens (tertiary/aromatic N) is 3. The minimum absolute atomic E-state index is 0.0118. The van der Waals surface area contributed by atoms with E-state index >= 15 is 0 Å². The smallest absolute Gasteiger partial charge is 0.277 e. The van der Waals surface area contributed by atoms with Gasteiger partial charge in [0, 0.05) is 18.8 Å². The number of benzene rings is 1. The number of aliphatic hydroxyl groups is 1. The Morgan fingerprint density at radius 1 is 1.16 bits per heavy atom. The lowest BCUT2D eigenvalue weighted by atomic mass is 9.97. The second-order valence-electron chi connectivity index (χ2n) is 7.94. The van der Waals surface area contributed by atoms with Gasteiger partial charge in [-0.2, -0.15) is 0 Å². The molecule has 1 saturated heterocycles. The largest absolute Gasteiger partial charge is 0.482 e. The zero-order valence-electron chi connectivity index (χ0n) is 17.9. The monoisotopic (exact) mass is 433 g/mol. The molecular formula is C25H27N3O4. The molecule has 7 nitrogen and oxygen atoms in total. The Morgan fingerprint density at radius 3 is 2.66 bits per heavy atom. The van der Waals surface area contributed by atoms with Gasteiger partial charge in [-0.15, -0.1) is 0 Å². The van der Waals surface area contributed by atoms with Crippen molar-refractivity contribution in [2.24, 2.45) is 0 Å². The molecule has 0 spiro atoms. The molecule has 2 unspecified atom stereocenters. The molecule has 1 aromatic heterocycles. The van der Waals surface area contributed by atoms with E-state index in [1.807, 2.05) is 41.4 Å². The number of allylic oxidation sites excluding steroid dienone is 2. The van der Waals surface area contributed by atoms with Crippen LogP contribution in [0, 0.1) is 0 Å². The molecule has 3 heterocycles. The summed E-state index contributed by atoms with van der Waals surface area (Å²) in [5.74, 6) is -0.327. The molecule has 1 N–H and O–H groups in total. The molecule has 0 aliphatic carbocycles. The summed E-state index contributed by atoms with van der Waals surface area (Å²) in [4.78, 5) is 27.7. The summed E-state index contributed by atoms with van der Waals surface area (Å²) >= 11 is 0. The first kappa shape index (κ1) is 21.6. The maximum atomic E-state index is 13.4. The van der Waals surface area contributed by atoms with Gasteiger partial charge >= 0.3 is 0 Å². The number of hydrogen-bond donors (Lipinski definition) is 1. The van der Waals surface area contributed by atoms with Crippen molar-refractivity contribution in [3.8, 4) is 5.75 Å². The number of pyridine rings is 1. The third-order valence-corrected chi connectivity index (χ3v) is 5.84. The fourth-order valence-corrected chi connectivity index (χ4v) is 4.27. The Labute approximate surface area is 187 Å². The van der Waals surface area contributed by atoms with Crippen LogP contribution >= 0.6 is 0 Å². The van der Waals surface area contributed by atoms with Gasteiger partial charge in [-0.05, 0) is 24.0 Å². The van der Waals surface area contributed by atoms with E-state index in [4.69, 9.17) is 4.74 Å². The van der Waals surface area contributed by atoms with Gasteiger partial charge in [0.05, 0.1) is 12.1 Å². The highest BCUT2D eigenvalue weighted by molar-refractivity contribution is 5.96. The maximum absolute atomic E-state index is 13.4. The molecule has 2 aromatic rings. The van der Waals surface area contributed by atoms with Crippen LogP contribution in [0.3, 0.4) is 0 Å². The number of carbonyl (C=O) groups excluding carboxylic acids is 1. The summed E-state index contributed by atoms with van der Waals surface area (Å²) in [7, 11) is 0. The summed E-state index contributed by atoms with van der Waals surface area (Å²) in [5, 5.41) is 12.5. The number of carbonyl (C=O) groups is 1. The summed E-state index contributed by atoms with van der Waals surface area (Å²) in [6.07, 6.45) is 7.47. The van der Waals surface area contributed by atoms with Crippen LogP contribution in [0.5, 0.6) is 5.75 Å². The van der Waals surface area contributed by atoms with Crippen LogP contribution in [-0.4, -0.2) is 45.9 Å². The Kier molecular flexibility index (Phi) is 6.28. The first-order valence-corrected chi connectivity index (χ1v) is 10.6. The molecule has 0 radical (unpaired) electrons. The molecule has 2 atom stereocenters. The number of aliphatic hydroxyl groups excluding tert-OH is 1. The molecule has 2 aliphatic heterocycles. The van der Waals surface area contributed by atoms with Gasteiger partial charge in [-0.3, -0.25) is 19.3 Å². The van der Waals surface area contributed by atoms with E-state index in [0.717, 1.165) is 11.1 Å². The van der Waals surface area contributed by atoms with Crippen molar-refractivity contribution in [3.63, 3.8) is 0 Å². The fourth-order valence-electron chi connectivity index (χ4n) is 4.27. The third kappa shape index (κ3) is 4.11. The molecule has 7 heteroatoms. The molecule has 0 saturated carbocycles. The SMILES string of the molecule is C=C/C=C(\C=C)C1CCC(O)CN2CN1n1ccc(=O)c(OCc3ccccc3)c1C2=O. The highest BCUT2D eigenvalue weighted by atomic mass is 16.5. The lowest BCUT2D eigenvalue weighted by Crippen LogP contribution is -2.60. The van der Waals surface area contributed by atoms with Gasteiger partial charge in [0.25, 0.3) is 5.91 Å². The lowest BCUT2D eigenvalue weighted by molar-refractivity contribution is 0.0460. The van der Waals surface area contributed by atoms with Gasteiger partial charge in [0.2, 0.25) is 5.43 Å². The second-order valence-corrected chi connectivity index (χ2v) is 7.94. The summed E-state index contributed by atoms with van der Waals surface area (Å²) < 4.78 is 7.62. The van der Waals surface area contributed by atoms with Gasteiger partial charge in [0.1, 0.15) is 13.3 Å². The molecular weight excluding hydrogens is 406 g/mol. The first-order chi connectivity index (χ1) is 15.5. The fraction of sp³-hybridized carbons (Fsp3) is 0.280. The van der Waals surface area contributed by atoms with Crippen molar-refractivity contribution in [1.29, 1.82) is 0 Å². The molecule has 1 fully saturated rings. The van der Waals surface area contributed by atoms with Crippen LogP contribution in [0.2, 0.25) is 0 Å². The van der Waals surface area contributed by atoms with E-state index in [2.05, 4.69) is 13.2 Å². The number of hydrogen-bond acceptors (Lipinski definition) is 5. The number of aromatic nitrogens is 1. The van der Waals surface area contributed by atoms with Crippen LogP contribution in [0.1, 0.15) is 28.9 Å². The summed E-state index contributed by atoms with van der Waals surface area (Å²) in [6.45, 7) is 8.35. The summed E-state index contributed by atoms with van der Waals surface area (Å²) in [6, 6.07) is 10.7. The molecule has 166 valence electrons. The number of fused-ring (bicyclic) bond motifs is 4. The first-order valence-electron chi connectivity index (χ1n) is 10.6. The minimum Gasteiger partial charge on any atom is -0.482 e. The zero-order chi connectivity index (χ0) is 22.7. The molecule has 32 heavy (non-hydrogen) atoms. The second kappa shape index (κ2) is 9.28. The zero-order valence-corrected chi connectivity index (χ0v) is 17.9. The topological polar surface area (TPSA) is 75.0 Å². The van der Waals surface area contributed by atoms with Crippen molar-refractivity contribution < 1.29 is 14.6 Å². The summed E-state index contributed by atoms with van der Waals surface area (Å²) in [5.41, 5.74) is 1.62. The molecule has 2 aliphatic rings. The minimum atomic E-state index is -0.658. The average Bonchev–Trinajstić information content (AvgIpc) is 2.79. The lowest BCUT2D eigenvalue weighted by Gasteiger charge is -2.46. The predicted molar refractivity (Wildman–Crippen MR) is 123 cm³/mol. The standard InChI is InChI=1S/C25H27N3O4/c1-3-8-19(4-2)21-12-11-20(29)15-26-17-28(21)27-14-13-22(30)24(23(27)25(26)31)32-16-18-9-6-5-7-10-18/h3-10,13-14,20-21,29H,1-2,11-12,15-17H2/b19-8+. The number of rotatable bonds is 6. The predicted octanol–water partition coefficient (Wildman–Crippen LogP) is 2.60. The van der Waals surface area contributed by atoms with Crippen LogP contribution in [-0.2, 0) is 6.61 Å². The Morgan fingerprint density at radius 2 is 1.94 bits per heavy atom. The molecule has 2 bridgehead atoms. The van der Waals surface area contributed by atoms with E-state index < -0.39 is 6.10 Å². The highest BCUT2D eigenvalue weighted by Crippen LogP contribution is 2.29. The van der Waals surface area contributed by atoms with Gasteiger partial charge in [-0.1, -0.05) is 61.7 Å². The maximum Gasteiger partial charge on any atom is 0.277 e. The Hall–Kier alpha value is -3.58. The van der Waals surface area contributed by atoms with Gasteiger partial charge in [-0.25, -0.2) is 0 Å². The van der Waals surface area contributed by atoms with Gasteiger partial charge < -0.3 is 14.7 Å². The van der Waals surface area contributed by atoms with E-state index in [9.17, 15) is 14.7 Å². The van der Waals surface area contributed by atoms with Crippen LogP contribution in [0.25, 0.3) is 0 Å². The molecule has 1 amide bonds.